The van der Waals surface area contributed by atoms with Crippen molar-refractivity contribution in [2.75, 3.05) is 0 Å². The van der Waals surface area contributed by atoms with E-state index < -0.39 is 0 Å². The summed E-state index contributed by atoms with van der Waals surface area (Å²) in [6.07, 6.45) is 23.7. The van der Waals surface area contributed by atoms with Crippen molar-refractivity contribution in [1.82, 2.24) is 0 Å². The van der Waals surface area contributed by atoms with Crippen LogP contribution in [-0.4, -0.2) is 0 Å². The highest BCUT2D eigenvalue weighted by molar-refractivity contribution is 5.18. The molecule has 9 atom stereocenters. The Bertz CT molecular complexity index is 626. The Balaban J connectivity index is 1.52. The maximum Gasteiger partial charge on any atom is -0.0166 e. The summed E-state index contributed by atoms with van der Waals surface area (Å²) in [5.74, 6) is 6.79. The van der Waals surface area contributed by atoms with E-state index in [0.29, 0.717) is 10.8 Å². The molecule has 0 radical (unpaired) electrons. The van der Waals surface area contributed by atoms with E-state index in [2.05, 4.69) is 65.8 Å². The Morgan fingerprint density at radius 2 is 1.62 bits per heavy atom. The number of rotatable bonds is 5. The zero-order chi connectivity index (χ0) is 20.8. The van der Waals surface area contributed by atoms with Gasteiger partial charge in [-0.25, -0.2) is 0 Å². The molecule has 0 aromatic rings. The summed E-state index contributed by atoms with van der Waals surface area (Å²) in [6.45, 7) is 15.0. The van der Waals surface area contributed by atoms with Crippen LogP contribution in [0.1, 0.15) is 99.3 Å². The average Bonchev–Trinajstić information content (AvgIpc) is 3.05. The van der Waals surface area contributed by atoms with Crippen molar-refractivity contribution in [2.45, 2.75) is 99.3 Å². The van der Waals surface area contributed by atoms with Gasteiger partial charge in [0.1, 0.15) is 0 Å². The van der Waals surface area contributed by atoms with Gasteiger partial charge in [-0.2, -0.15) is 0 Å². The number of hydrogen-bond donors (Lipinski definition) is 0. The molecule has 0 aromatic carbocycles. The quantitative estimate of drug-likeness (QED) is 0.408. The van der Waals surface area contributed by atoms with Gasteiger partial charge in [-0.3, -0.25) is 0 Å². The maximum absolute atomic E-state index is 2.74. The Morgan fingerprint density at radius 1 is 0.862 bits per heavy atom. The molecule has 0 amide bonds. The molecule has 4 rings (SSSR count). The highest BCUT2D eigenvalue weighted by Crippen LogP contribution is 2.66. The van der Waals surface area contributed by atoms with Crippen LogP contribution in [0.3, 0.4) is 0 Å². The molecule has 1 unspecified atom stereocenters. The Morgan fingerprint density at radius 3 is 2.34 bits per heavy atom. The fourth-order valence-corrected chi connectivity index (χ4v) is 8.84. The number of allylic oxidation sites excluding steroid dienone is 4. The summed E-state index contributed by atoms with van der Waals surface area (Å²) < 4.78 is 0. The molecule has 0 nitrogen and oxygen atoms in total. The molecule has 29 heavy (non-hydrogen) atoms. The topological polar surface area (TPSA) is 0 Å². The third kappa shape index (κ3) is 3.59. The van der Waals surface area contributed by atoms with Gasteiger partial charge in [-0.05, 0) is 103 Å². The lowest BCUT2D eigenvalue weighted by Crippen LogP contribution is -2.51. The van der Waals surface area contributed by atoms with E-state index >= 15 is 0 Å². The highest BCUT2D eigenvalue weighted by atomic mass is 14.6. The lowest BCUT2D eigenvalue weighted by Gasteiger charge is -2.58. The Labute approximate surface area is 182 Å². The van der Waals surface area contributed by atoms with Crippen LogP contribution in [0.4, 0.5) is 0 Å². The molecule has 0 heterocycles. The van der Waals surface area contributed by atoms with Crippen LogP contribution in [0.15, 0.2) is 24.3 Å². The summed E-state index contributed by atoms with van der Waals surface area (Å²) >= 11 is 0. The van der Waals surface area contributed by atoms with E-state index in [-0.39, 0.29) is 0 Å². The van der Waals surface area contributed by atoms with Gasteiger partial charge in [-0.1, -0.05) is 78.7 Å². The molecule has 4 aliphatic carbocycles. The third-order valence-corrected chi connectivity index (χ3v) is 10.8. The summed E-state index contributed by atoms with van der Waals surface area (Å²) in [7, 11) is 0. The van der Waals surface area contributed by atoms with E-state index in [1.165, 1.54) is 57.8 Å². The molecule has 0 N–H and O–H groups in total. The monoisotopic (exact) mass is 396 g/mol. The first-order chi connectivity index (χ1) is 13.8. The van der Waals surface area contributed by atoms with Gasteiger partial charge in [0.2, 0.25) is 0 Å². The van der Waals surface area contributed by atoms with E-state index in [1.807, 2.05) is 0 Å². The summed E-state index contributed by atoms with van der Waals surface area (Å²) in [6, 6.07) is 0. The average molecular weight is 397 g/mol. The molecule has 0 aliphatic heterocycles. The van der Waals surface area contributed by atoms with Crippen molar-refractivity contribution in [3.8, 4) is 0 Å². The molecule has 0 aromatic heterocycles. The molecule has 3 fully saturated rings. The molecule has 4 aliphatic rings. The lowest BCUT2D eigenvalue weighted by molar-refractivity contribution is -0.0618. The van der Waals surface area contributed by atoms with Gasteiger partial charge in [0, 0.05) is 0 Å². The molecular formula is C29H48. The van der Waals surface area contributed by atoms with Gasteiger partial charge in [0.25, 0.3) is 0 Å². The van der Waals surface area contributed by atoms with Crippen LogP contribution >= 0.6 is 0 Å². The molecule has 164 valence electrons. The second kappa shape index (κ2) is 8.20. The first-order valence-corrected chi connectivity index (χ1v) is 13.2. The van der Waals surface area contributed by atoms with Crippen molar-refractivity contribution in [1.29, 1.82) is 0 Å². The van der Waals surface area contributed by atoms with E-state index in [1.54, 1.807) is 0 Å². The Kier molecular flexibility index (Phi) is 6.14. The largest absolute Gasteiger partial charge is 0.0851 e. The zero-order valence-electron chi connectivity index (χ0n) is 20.3. The van der Waals surface area contributed by atoms with E-state index in [9.17, 15) is 0 Å². The van der Waals surface area contributed by atoms with Crippen LogP contribution < -0.4 is 0 Å². The molecule has 0 bridgehead atoms. The van der Waals surface area contributed by atoms with Gasteiger partial charge in [0.15, 0.2) is 0 Å². The SMILES string of the molecule is CC[C@H](C=C[C@@H](C)[C@H]1CC[C@H]2[C@@H]3C=CC4CCCC[C@]4(C)[C@H]3CC[C@]12C)C(C)C. The molecule has 0 spiro atoms. The standard InChI is InChI=1S/C29H48/c1-7-22(20(2)3)12-11-21(4)25-15-16-26-24-14-13-23-10-8-9-18-28(23,5)27(24)17-19-29(25,26)6/h11-14,20-27H,7-10,15-19H2,1-6H3/t21-,22-,23?,24+,25-,26+,27+,28+,29-/m1/s1. The van der Waals surface area contributed by atoms with Gasteiger partial charge >= 0.3 is 0 Å². The van der Waals surface area contributed by atoms with Crippen molar-refractivity contribution in [3.05, 3.63) is 24.3 Å². The first kappa shape index (κ1) is 21.7. The predicted molar refractivity (Wildman–Crippen MR) is 127 cm³/mol. The minimum Gasteiger partial charge on any atom is -0.0851 e. The molecule has 3 saturated carbocycles. The summed E-state index contributed by atoms with van der Waals surface area (Å²) in [4.78, 5) is 0. The second-order valence-corrected chi connectivity index (χ2v) is 12.3. The second-order valence-electron chi connectivity index (χ2n) is 12.3. The third-order valence-electron chi connectivity index (χ3n) is 10.8. The number of fused-ring (bicyclic) bond motifs is 5. The van der Waals surface area contributed by atoms with Crippen LogP contribution in [0.2, 0.25) is 0 Å². The van der Waals surface area contributed by atoms with Gasteiger partial charge in [0.05, 0.1) is 0 Å². The predicted octanol–water partition coefficient (Wildman–Crippen LogP) is 8.69. The van der Waals surface area contributed by atoms with Crippen molar-refractivity contribution in [2.24, 2.45) is 58.2 Å². The van der Waals surface area contributed by atoms with E-state index in [0.717, 1.165) is 47.3 Å². The van der Waals surface area contributed by atoms with Crippen molar-refractivity contribution >= 4 is 0 Å². The van der Waals surface area contributed by atoms with Gasteiger partial charge < -0.3 is 0 Å². The van der Waals surface area contributed by atoms with Crippen LogP contribution in [0.5, 0.6) is 0 Å². The molecule has 0 saturated heterocycles. The maximum atomic E-state index is 2.74. The van der Waals surface area contributed by atoms with Crippen LogP contribution in [0.25, 0.3) is 0 Å². The van der Waals surface area contributed by atoms with Crippen molar-refractivity contribution < 1.29 is 0 Å². The minimum atomic E-state index is 0.562. The smallest absolute Gasteiger partial charge is 0.0166 e. The number of hydrogen-bond acceptors (Lipinski definition) is 0. The first-order valence-electron chi connectivity index (χ1n) is 13.2. The fraction of sp³-hybridized carbons (Fsp3) is 0.862. The van der Waals surface area contributed by atoms with Crippen LogP contribution in [-0.2, 0) is 0 Å². The molecular weight excluding hydrogens is 348 g/mol. The zero-order valence-corrected chi connectivity index (χ0v) is 20.3. The summed E-state index contributed by atoms with van der Waals surface area (Å²) in [5.41, 5.74) is 1.17. The van der Waals surface area contributed by atoms with Crippen molar-refractivity contribution in [3.63, 3.8) is 0 Å². The fourth-order valence-electron chi connectivity index (χ4n) is 8.84. The molecule has 0 heteroatoms. The van der Waals surface area contributed by atoms with Crippen LogP contribution in [0, 0.1) is 58.2 Å². The highest BCUT2D eigenvalue weighted by Gasteiger charge is 2.58. The summed E-state index contributed by atoms with van der Waals surface area (Å²) in [5, 5.41) is 0. The lowest BCUT2D eigenvalue weighted by atomic mass is 9.46. The minimum absolute atomic E-state index is 0.562. The van der Waals surface area contributed by atoms with Gasteiger partial charge in [-0.15, -0.1) is 0 Å². The van der Waals surface area contributed by atoms with E-state index in [4.69, 9.17) is 0 Å². The normalized spacial score (nSPS) is 46.4. The Hall–Kier alpha value is -0.520.